The van der Waals surface area contributed by atoms with Crippen LogP contribution in [0.2, 0.25) is 0 Å². The number of esters is 1. The van der Waals surface area contributed by atoms with Gasteiger partial charge in [0, 0.05) is 11.3 Å². The van der Waals surface area contributed by atoms with Crippen molar-refractivity contribution in [2.75, 3.05) is 6.61 Å². The first-order valence-electron chi connectivity index (χ1n) is 6.22. The monoisotopic (exact) mass is 278 g/mol. The largest absolute Gasteiger partial charge is 0.465 e. The van der Waals surface area contributed by atoms with Crippen LogP contribution in [-0.4, -0.2) is 18.6 Å². The van der Waals surface area contributed by atoms with Crippen LogP contribution in [0.25, 0.3) is 0 Å². The Morgan fingerprint density at radius 2 is 2.15 bits per heavy atom. The van der Waals surface area contributed by atoms with Crippen molar-refractivity contribution < 1.29 is 18.7 Å². The van der Waals surface area contributed by atoms with Crippen molar-refractivity contribution in [3.05, 3.63) is 47.9 Å². The predicted molar refractivity (Wildman–Crippen MR) is 70.1 cm³/mol. The molecule has 2 N–H and O–H groups in total. The van der Waals surface area contributed by atoms with Gasteiger partial charge in [-0.3, -0.25) is 4.79 Å². The van der Waals surface area contributed by atoms with Crippen LogP contribution >= 0.6 is 0 Å². The summed E-state index contributed by atoms with van der Waals surface area (Å²) in [6.07, 6.45) is 0. The molecule has 0 aromatic heterocycles. The quantitative estimate of drug-likeness (QED) is 0.829. The van der Waals surface area contributed by atoms with Crippen LogP contribution in [0.1, 0.15) is 18.5 Å². The summed E-state index contributed by atoms with van der Waals surface area (Å²) >= 11 is 0. The summed E-state index contributed by atoms with van der Waals surface area (Å²) in [7, 11) is 0. The molecule has 2 unspecified atom stereocenters. The summed E-state index contributed by atoms with van der Waals surface area (Å²) in [6.45, 7) is 5.53. The first kappa shape index (κ1) is 14.0. The normalized spacial score (nSPS) is 21.9. The Kier molecular flexibility index (Phi) is 4.02. The van der Waals surface area contributed by atoms with Gasteiger partial charge >= 0.3 is 12.0 Å². The van der Waals surface area contributed by atoms with Crippen LogP contribution < -0.4 is 10.6 Å². The first-order valence-corrected chi connectivity index (χ1v) is 6.22. The first-order chi connectivity index (χ1) is 9.54. The van der Waals surface area contributed by atoms with E-state index in [-0.39, 0.29) is 17.9 Å². The number of amides is 2. The van der Waals surface area contributed by atoms with Crippen LogP contribution in [0, 0.1) is 11.7 Å². The van der Waals surface area contributed by atoms with Gasteiger partial charge in [0.15, 0.2) is 0 Å². The highest BCUT2D eigenvalue weighted by Gasteiger charge is 2.39. The Hall–Kier alpha value is -2.37. The molecule has 106 valence electrons. The van der Waals surface area contributed by atoms with E-state index in [0.717, 1.165) is 0 Å². The van der Waals surface area contributed by atoms with E-state index >= 15 is 0 Å². The molecule has 0 bridgehead atoms. The number of halogens is 1. The predicted octanol–water partition coefficient (Wildman–Crippen LogP) is 1.87. The van der Waals surface area contributed by atoms with Crippen LogP contribution in [-0.2, 0) is 9.53 Å². The van der Waals surface area contributed by atoms with Gasteiger partial charge in [0.05, 0.1) is 12.6 Å². The Balaban J connectivity index is 2.39. The lowest BCUT2D eigenvalue weighted by molar-refractivity contribution is -0.147. The second kappa shape index (κ2) is 5.73. The van der Waals surface area contributed by atoms with Crippen molar-refractivity contribution in [2.45, 2.75) is 13.0 Å². The van der Waals surface area contributed by atoms with Gasteiger partial charge in [-0.25, -0.2) is 9.18 Å². The molecule has 0 spiro atoms. The molecule has 1 aliphatic rings. The van der Waals surface area contributed by atoms with Gasteiger partial charge < -0.3 is 15.4 Å². The zero-order chi connectivity index (χ0) is 14.7. The molecule has 1 aromatic carbocycles. The molecule has 0 saturated carbocycles. The van der Waals surface area contributed by atoms with Crippen molar-refractivity contribution in [3.8, 4) is 0 Å². The van der Waals surface area contributed by atoms with E-state index in [4.69, 9.17) is 4.74 Å². The van der Waals surface area contributed by atoms with E-state index in [1.165, 1.54) is 18.2 Å². The smallest absolute Gasteiger partial charge is 0.319 e. The topological polar surface area (TPSA) is 67.4 Å². The van der Waals surface area contributed by atoms with Crippen LogP contribution in [0.3, 0.4) is 0 Å². The molecule has 2 rings (SSSR count). The van der Waals surface area contributed by atoms with Gasteiger partial charge in [-0.15, -0.1) is 0 Å². The number of carbonyl (C=O) groups excluding carboxylic acids is 2. The molecule has 6 heteroatoms. The minimum absolute atomic E-state index is 0.195. The van der Waals surface area contributed by atoms with Crippen molar-refractivity contribution in [1.29, 1.82) is 0 Å². The summed E-state index contributed by atoms with van der Waals surface area (Å²) in [5.74, 6) is -1.93. The lowest BCUT2D eigenvalue weighted by Gasteiger charge is -2.33. The fourth-order valence-corrected chi connectivity index (χ4v) is 2.18. The fraction of sp³-hybridized carbons (Fsp3) is 0.286. The summed E-state index contributed by atoms with van der Waals surface area (Å²) in [6, 6.07) is 4.60. The van der Waals surface area contributed by atoms with Gasteiger partial charge in [-0.05, 0) is 13.0 Å². The fourth-order valence-electron chi connectivity index (χ4n) is 2.18. The van der Waals surface area contributed by atoms with E-state index in [0.29, 0.717) is 0 Å². The zero-order valence-corrected chi connectivity index (χ0v) is 11.0. The zero-order valence-electron chi connectivity index (χ0n) is 11.0. The molecule has 5 nitrogen and oxygen atoms in total. The molecular weight excluding hydrogens is 263 g/mol. The summed E-state index contributed by atoms with van der Waals surface area (Å²) < 4.78 is 18.9. The number of carbonyl (C=O) groups is 2. The van der Waals surface area contributed by atoms with Gasteiger partial charge in [0.25, 0.3) is 0 Å². The molecule has 2 atom stereocenters. The van der Waals surface area contributed by atoms with Gasteiger partial charge in [0.2, 0.25) is 0 Å². The summed E-state index contributed by atoms with van der Waals surface area (Å²) in [5, 5.41) is 4.96. The summed E-state index contributed by atoms with van der Waals surface area (Å²) in [5.41, 5.74) is 0.419. The second-order valence-corrected chi connectivity index (χ2v) is 4.35. The lowest BCUT2D eigenvalue weighted by Crippen LogP contribution is -2.51. The number of benzene rings is 1. The van der Waals surface area contributed by atoms with Crippen LogP contribution in [0.15, 0.2) is 36.5 Å². The minimum Gasteiger partial charge on any atom is -0.465 e. The maximum atomic E-state index is 13.9. The number of nitrogens with one attached hydrogen (secondary N) is 2. The number of rotatable bonds is 3. The molecule has 1 heterocycles. The third-order valence-corrected chi connectivity index (χ3v) is 3.05. The maximum absolute atomic E-state index is 13.9. The number of ether oxygens (including phenoxy) is 1. The van der Waals surface area contributed by atoms with Crippen molar-refractivity contribution in [3.63, 3.8) is 0 Å². The lowest BCUT2D eigenvalue weighted by atomic mass is 9.89. The number of urea groups is 1. The molecule has 1 aromatic rings. The highest BCUT2D eigenvalue weighted by atomic mass is 19.1. The van der Waals surface area contributed by atoms with E-state index in [2.05, 4.69) is 17.2 Å². The third kappa shape index (κ3) is 2.64. The molecule has 1 aliphatic heterocycles. The Labute approximate surface area is 115 Å². The Morgan fingerprint density at radius 1 is 1.45 bits per heavy atom. The second-order valence-electron chi connectivity index (χ2n) is 4.35. The van der Waals surface area contributed by atoms with Crippen molar-refractivity contribution in [1.82, 2.24) is 10.6 Å². The highest BCUT2D eigenvalue weighted by molar-refractivity contribution is 5.85. The van der Waals surface area contributed by atoms with E-state index in [9.17, 15) is 14.0 Å². The minimum atomic E-state index is -0.871. The van der Waals surface area contributed by atoms with E-state index in [1.807, 2.05) is 0 Å². The maximum Gasteiger partial charge on any atom is 0.319 e. The molecule has 1 fully saturated rings. The van der Waals surface area contributed by atoms with Crippen LogP contribution in [0.5, 0.6) is 0 Å². The average molecular weight is 278 g/mol. The van der Waals surface area contributed by atoms with E-state index in [1.54, 1.807) is 13.0 Å². The van der Waals surface area contributed by atoms with E-state index < -0.39 is 29.8 Å². The Bertz CT molecular complexity index is 559. The van der Waals surface area contributed by atoms with Crippen molar-refractivity contribution >= 4 is 12.0 Å². The Morgan fingerprint density at radius 3 is 2.80 bits per heavy atom. The van der Waals surface area contributed by atoms with Gasteiger partial charge in [-0.2, -0.15) is 0 Å². The molecule has 1 saturated heterocycles. The molecular formula is C14H15FN2O3. The van der Waals surface area contributed by atoms with Gasteiger partial charge in [-0.1, -0.05) is 24.8 Å². The molecule has 0 aliphatic carbocycles. The average Bonchev–Trinajstić information content (AvgIpc) is 2.38. The molecule has 2 amide bonds. The standard InChI is InChI=1S/C14H15FN2O3/c1-3-20-13(18)11-8(2)16-14(19)17-12(11)9-6-4-5-7-10(9)15/h4-7,11-12H,2-3H2,1H3,(H2,16,17,19). The number of hydrogen-bond donors (Lipinski definition) is 2. The van der Waals surface area contributed by atoms with Crippen molar-refractivity contribution in [2.24, 2.45) is 5.92 Å². The highest BCUT2D eigenvalue weighted by Crippen LogP contribution is 2.31. The molecule has 0 radical (unpaired) electrons. The summed E-state index contributed by atoms with van der Waals surface area (Å²) in [4.78, 5) is 23.6. The van der Waals surface area contributed by atoms with Gasteiger partial charge in [0.1, 0.15) is 11.7 Å². The SMILES string of the molecule is C=C1NC(=O)NC(c2ccccc2F)C1C(=O)OCC. The molecule has 20 heavy (non-hydrogen) atoms. The number of hydrogen-bond acceptors (Lipinski definition) is 3. The van der Waals surface area contributed by atoms with Crippen LogP contribution in [0.4, 0.5) is 9.18 Å². The third-order valence-electron chi connectivity index (χ3n) is 3.05.